The molecule has 0 amide bonds. The Balaban J connectivity index is 0.000000293. The number of rotatable bonds is 7. The van der Waals surface area contributed by atoms with E-state index in [4.69, 9.17) is 23.2 Å². The summed E-state index contributed by atoms with van der Waals surface area (Å²) < 4.78 is 50.8. The Morgan fingerprint density at radius 1 is 0.756 bits per heavy atom. The van der Waals surface area contributed by atoms with Crippen molar-refractivity contribution in [1.82, 2.24) is 19.9 Å². The summed E-state index contributed by atoms with van der Waals surface area (Å²) in [6.07, 6.45) is 1.10. The van der Waals surface area contributed by atoms with Gasteiger partial charge in [-0.3, -0.25) is 0 Å². The minimum absolute atomic E-state index is 0.101. The van der Waals surface area contributed by atoms with Crippen molar-refractivity contribution in [2.45, 2.75) is 53.4 Å². The third kappa shape index (κ3) is 10.3. The lowest BCUT2D eigenvalue weighted by atomic mass is 10.00. The molecule has 0 saturated carbocycles. The van der Waals surface area contributed by atoms with Gasteiger partial charge in [0, 0.05) is 25.2 Å². The van der Waals surface area contributed by atoms with Crippen molar-refractivity contribution in [3.63, 3.8) is 0 Å². The summed E-state index contributed by atoms with van der Waals surface area (Å²) in [5.41, 5.74) is 6.76. The van der Waals surface area contributed by atoms with Crippen LogP contribution in [0.4, 0.5) is 20.7 Å². The lowest BCUT2D eigenvalue weighted by Crippen LogP contribution is -2.27. The number of aromatic nitrogens is 4. The van der Waals surface area contributed by atoms with E-state index in [1.54, 1.807) is 31.3 Å². The van der Waals surface area contributed by atoms with Gasteiger partial charge in [-0.25, -0.2) is 41.4 Å². The van der Waals surface area contributed by atoms with Crippen LogP contribution in [0.5, 0.6) is 0 Å². The summed E-state index contributed by atoms with van der Waals surface area (Å²) in [7, 11) is -0.258. The van der Waals surface area contributed by atoms with Crippen LogP contribution in [0.25, 0.3) is 22.5 Å². The van der Waals surface area contributed by atoms with Crippen LogP contribution in [0.15, 0.2) is 48.5 Å². The fourth-order valence-electron chi connectivity index (χ4n) is 4.36. The van der Waals surface area contributed by atoms with Gasteiger partial charge in [-0.2, -0.15) is 0 Å². The molecule has 0 fully saturated rings. The predicted molar refractivity (Wildman–Crippen MR) is 182 cm³/mol. The number of nitrogens with one attached hydrogen (secondary N) is 1. The standard InChI is InChI=1S/C16H20FN3O2S.C15H18FN3.CH2Cl2/c1-10(2)14-11(3)15(12-6-8-13(17)9-7-12)19-16(18-14)20(4)23(5,21)22;1-9(2)13-10(3)14(19-15(17-4)18-13)11-5-7-12(16)8-6-11;2-1-3/h6-10H,1-5H3;5-9H,1-4H3,(H,17,18,19);1H2. The Hall–Kier alpha value is -3.41. The molecule has 0 unspecified atom stereocenters. The molecule has 0 bridgehead atoms. The van der Waals surface area contributed by atoms with E-state index in [1.807, 2.05) is 27.7 Å². The van der Waals surface area contributed by atoms with Gasteiger partial charge in [0.25, 0.3) is 0 Å². The molecule has 8 nitrogen and oxygen atoms in total. The van der Waals surface area contributed by atoms with Crippen LogP contribution >= 0.6 is 23.2 Å². The fraction of sp³-hybridized carbons (Fsp3) is 0.375. The summed E-state index contributed by atoms with van der Waals surface area (Å²) in [6, 6.07) is 12.3. The molecule has 4 aromatic rings. The highest BCUT2D eigenvalue weighted by atomic mass is 35.5. The highest BCUT2D eigenvalue weighted by molar-refractivity contribution is 7.92. The van der Waals surface area contributed by atoms with Crippen molar-refractivity contribution < 1.29 is 17.2 Å². The SMILES string of the molecule is CNc1nc(-c2ccc(F)cc2)c(C)c(C(C)C)n1.Cc1c(-c2ccc(F)cc2)nc(N(C)S(C)(=O)=O)nc1C(C)C.ClCCl. The summed E-state index contributed by atoms with van der Waals surface area (Å²) in [5, 5.41) is 3.17. The van der Waals surface area contributed by atoms with Crippen LogP contribution in [0.3, 0.4) is 0 Å². The van der Waals surface area contributed by atoms with Crippen molar-refractivity contribution in [1.29, 1.82) is 0 Å². The molecular weight excluding hydrogens is 641 g/mol. The number of anilines is 2. The van der Waals surface area contributed by atoms with Crippen molar-refractivity contribution >= 4 is 45.1 Å². The average Bonchev–Trinajstić information content (AvgIpc) is 2.98. The van der Waals surface area contributed by atoms with E-state index >= 15 is 0 Å². The van der Waals surface area contributed by atoms with Gasteiger partial charge in [-0.1, -0.05) is 27.7 Å². The molecule has 0 aliphatic rings. The maximum Gasteiger partial charge on any atom is 0.239 e. The van der Waals surface area contributed by atoms with Gasteiger partial charge in [0.15, 0.2) is 0 Å². The lowest BCUT2D eigenvalue weighted by molar-refractivity contribution is 0.599. The van der Waals surface area contributed by atoms with Gasteiger partial charge in [-0.05, 0) is 85.3 Å². The Kier molecular flexibility index (Phi) is 14.1. The van der Waals surface area contributed by atoms with E-state index in [2.05, 4.69) is 39.1 Å². The zero-order valence-electron chi connectivity index (χ0n) is 27.0. The van der Waals surface area contributed by atoms with Crippen LogP contribution in [-0.2, 0) is 10.0 Å². The molecule has 13 heteroatoms. The number of hydrogen-bond donors (Lipinski definition) is 1. The second-order valence-electron chi connectivity index (χ2n) is 10.7. The monoisotopic (exact) mass is 680 g/mol. The fourth-order valence-corrected chi connectivity index (χ4v) is 4.74. The third-order valence-electron chi connectivity index (χ3n) is 6.69. The molecule has 0 atom stereocenters. The maximum atomic E-state index is 13.2. The summed E-state index contributed by atoms with van der Waals surface area (Å²) >= 11 is 9.53. The highest BCUT2D eigenvalue weighted by Crippen LogP contribution is 2.30. The highest BCUT2D eigenvalue weighted by Gasteiger charge is 2.21. The quantitative estimate of drug-likeness (QED) is 0.196. The molecule has 2 aromatic heterocycles. The molecule has 0 saturated heterocycles. The molecule has 0 aliphatic heterocycles. The van der Waals surface area contributed by atoms with Gasteiger partial charge in [-0.15, -0.1) is 23.2 Å². The van der Waals surface area contributed by atoms with Gasteiger partial charge < -0.3 is 5.32 Å². The Morgan fingerprint density at radius 3 is 1.49 bits per heavy atom. The lowest BCUT2D eigenvalue weighted by Gasteiger charge is -2.20. The third-order valence-corrected chi connectivity index (χ3v) is 7.85. The second kappa shape index (κ2) is 16.8. The maximum absolute atomic E-state index is 13.2. The molecule has 4 rings (SSSR count). The van der Waals surface area contributed by atoms with Gasteiger partial charge in [0.2, 0.25) is 21.9 Å². The first-order valence-corrected chi connectivity index (χ1v) is 17.0. The average molecular weight is 682 g/mol. The van der Waals surface area contributed by atoms with Gasteiger partial charge in [0.05, 0.1) is 34.4 Å². The van der Waals surface area contributed by atoms with E-state index in [0.29, 0.717) is 17.6 Å². The van der Waals surface area contributed by atoms with Crippen LogP contribution < -0.4 is 9.62 Å². The van der Waals surface area contributed by atoms with Crippen molar-refractivity contribution in [3.8, 4) is 22.5 Å². The molecule has 0 spiro atoms. The van der Waals surface area contributed by atoms with E-state index < -0.39 is 10.0 Å². The topological polar surface area (TPSA) is 101 Å². The van der Waals surface area contributed by atoms with E-state index in [0.717, 1.165) is 49.9 Å². The van der Waals surface area contributed by atoms with Crippen LogP contribution in [0.1, 0.15) is 62.0 Å². The predicted octanol–water partition coefficient (Wildman–Crippen LogP) is 8.29. The Morgan fingerprint density at radius 2 is 1.13 bits per heavy atom. The normalized spacial score (nSPS) is 11.0. The van der Waals surface area contributed by atoms with E-state index in [9.17, 15) is 17.2 Å². The van der Waals surface area contributed by atoms with Crippen molar-refractivity contribution in [2.75, 3.05) is 35.3 Å². The zero-order valence-corrected chi connectivity index (χ0v) is 29.3. The first-order chi connectivity index (χ1) is 21.0. The number of sulfonamides is 1. The Labute approximate surface area is 275 Å². The molecule has 45 heavy (non-hydrogen) atoms. The first kappa shape index (κ1) is 37.8. The van der Waals surface area contributed by atoms with Crippen LogP contribution in [0.2, 0.25) is 0 Å². The molecule has 0 aliphatic carbocycles. The smallest absolute Gasteiger partial charge is 0.239 e. The molecule has 0 radical (unpaired) electrons. The number of hydrogen-bond acceptors (Lipinski definition) is 7. The van der Waals surface area contributed by atoms with Crippen molar-refractivity contribution in [3.05, 3.63) is 82.7 Å². The Bertz CT molecular complexity index is 1670. The van der Waals surface area contributed by atoms with Crippen LogP contribution in [-0.4, -0.2) is 54.0 Å². The van der Waals surface area contributed by atoms with E-state index in [1.165, 1.54) is 31.3 Å². The van der Waals surface area contributed by atoms with Crippen molar-refractivity contribution in [2.24, 2.45) is 0 Å². The largest absolute Gasteiger partial charge is 0.357 e. The minimum atomic E-state index is -3.47. The molecule has 2 heterocycles. The van der Waals surface area contributed by atoms with Crippen LogP contribution in [0, 0.1) is 25.5 Å². The molecule has 2 aromatic carbocycles. The summed E-state index contributed by atoms with van der Waals surface area (Å²) in [6.45, 7) is 12.1. The molecule has 1 N–H and O–H groups in total. The molecule has 244 valence electrons. The summed E-state index contributed by atoms with van der Waals surface area (Å²) in [5.74, 6) is 0.541. The summed E-state index contributed by atoms with van der Waals surface area (Å²) in [4.78, 5) is 17.8. The van der Waals surface area contributed by atoms with Gasteiger partial charge in [0.1, 0.15) is 11.6 Å². The first-order valence-electron chi connectivity index (χ1n) is 14.1. The zero-order chi connectivity index (χ0) is 34.1. The minimum Gasteiger partial charge on any atom is -0.357 e. The molecular formula is C32H40Cl2F2N6O2S. The number of benzene rings is 2. The number of nitrogens with zero attached hydrogens (tertiary/aromatic N) is 5. The second-order valence-corrected chi connectivity index (χ2v) is 13.5. The van der Waals surface area contributed by atoms with E-state index in [-0.39, 0.29) is 28.8 Å². The van der Waals surface area contributed by atoms with Gasteiger partial charge >= 0.3 is 0 Å². The number of alkyl halides is 2. The number of halogens is 4.